The Kier molecular flexibility index (Phi) is 5.50. The van der Waals surface area contributed by atoms with Gasteiger partial charge in [-0.1, -0.05) is 0 Å². The number of hydrogen-bond acceptors (Lipinski definition) is 0. The molecule has 0 aromatic heterocycles. The molecule has 0 aliphatic rings. The van der Waals surface area contributed by atoms with Crippen LogP contribution in [0.1, 0.15) is 41.5 Å². The van der Waals surface area contributed by atoms with Gasteiger partial charge in [-0.3, -0.25) is 0 Å². The molecule has 0 spiro atoms. The summed E-state index contributed by atoms with van der Waals surface area (Å²) in [5, 5.41) is 0. The Morgan fingerprint density at radius 2 is 0.895 bits per heavy atom. The first-order valence-electron chi connectivity index (χ1n) is 7.41. The maximum atomic E-state index is 2.75. The molecule has 0 saturated heterocycles. The molecule has 0 fully saturated rings. The monoisotopic (exact) mass is 299 g/mol. The third-order valence-corrected chi connectivity index (χ3v) is 10.3. The molecule has 0 unspecified atom stereocenters. The predicted molar refractivity (Wildman–Crippen MR) is 92.5 cm³/mol. The van der Waals surface area contributed by atoms with Crippen LogP contribution in [0.5, 0.6) is 0 Å². The van der Waals surface area contributed by atoms with Crippen molar-refractivity contribution in [1.82, 2.24) is 0 Å². The third kappa shape index (κ3) is 5.94. The van der Waals surface area contributed by atoms with E-state index in [-0.39, 0.29) is 11.1 Å². The van der Waals surface area contributed by atoms with Crippen molar-refractivity contribution in [2.45, 2.75) is 91.9 Å². The van der Waals surface area contributed by atoms with Gasteiger partial charge < -0.3 is 0 Å². The minimum atomic E-state index is -1.34. The van der Waals surface area contributed by atoms with Crippen molar-refractivity contribution in [1.29, 1.82) is 0 Å². The van der Waals surface area contributed by atoms with Gasteiger partial charge in [-0.2, -0.15) is 0 Å². The summed E-state index contributed by atoms with van der Waals surface area (Å²) in [5.41, 5.74) is 0.297. The first kappa shape index (κ1) is 19.1. The van der Waals surface area contributed by atoms with Crippen molar-refractivity contribution in [3.8, 4) is 0 Å². The summed E-state index contributed by atoms with van der Waals surface area (Å²) < 4.78 is 5.28. The van der Waals surface area contributed by atoms with Crippen LogP contribution in [0.3, 0.4) is 0 Å². The molecule has 0 N–H and O–H groups in total. The topological polar surface area (TPSA) is 6.02 Å². The van der Waals surface area contributed by atoms with E-state index in [1.807, 2.05) is 0 Å². The Morgan fingerprint density at radius 1 is 0.632 bits per heavy atom. The van der Waals surface area contributed by atoms with Crippen LogP contribution in [0.25, 0.3) is 0 Å². The molecule has 0 radical (unpaired) electrons. The molecule has 0 aliphatic carbocycles. The Morgan fingerprint density at radius 3 is 1.05 bits per heavy atom. The van der Waals surface area contributed by atoms with Crippen LogP contribution in [-0.2, 0) is 0 Å². The maximum absolute atomic E-state index is 2.75. The number of rotatable bonds is 2. The predicted octanol–water partition coefficient (Wildman–Crippen LogP) is 4.35. The van der Waals surface area contributed by atoms with Gasteiger partial charge in [0.1, 0.15) is 0 Å². The Hall–Kier alpha value is 0.0987. The van der Waals surface area contributed by atoms with E-state index in [0.29, 0.717) is 0 Å². The van der Waals surface area contributed by atoms with E-state index < -0.39 is 16.5 Å². The molecule has 0 aromatic rings. The molecule has 5 heteroatoms. The molecule has 0 saturated carbocycles. The van der Waals surface area contributed by atoms with Crippen LogP contribution >= 0.6 is 0 Å². The summed E-state index contributed by atoms with van der Waals surface area (Å²) >= 11 is 0. The van der Waals surface area contributed by atoms with E-state index in [0.717, 1.165) is 0 Å². The standard InChI is InChI=1S/C14H36BN2Si2/c1-13(2,3)16(14(4,5)6)15-17(18(7,8)9)19(10,11)12/h1-12H3/q+1. The molecule has 0 atom stereocenters. The minimum absolute atomic E-state index is 0.149. The van der Waals surface area contributed by atoms with Gasteiger partial charge in [0.15, 0.2) is 0 Å². The summed E-state index contributed by atoms with van der Waals surface area (Å²) in [5.74, 6) is 0. The number of hydrogen-bond donors (Lipinski definition) is 0. The van der Waals surface area contributed by atoms with Crippen LogP contribution in [-0.4, -0.2) is 42.7 Å². The Labute approximate surface area is 124 Å². The molecule has 2 nitrogen and oxygen atoms in total. The second-order valence-electron chi connectivity index (χ2n) is 9.54. The van der Waals surface area contributed by atoms with E-state index in [1.54, 1.807) is 0 Å². The quantitative estimate of drug-likeness (QED) is 0.669. The average Bonchev–Trinajstić information content (AvgIpc) is 1.91. The van der Waals surface area contributed by atoms with Crippen LogP contribution in [0, 0.1) is 0 Å². The Bertz CT molecular complexity index is 327. The van der Waals surface area contributed by atoms with Crippen molar-refractivity contribution in [2.75, 3.05) is 0 Å². The fourth-order valence-corrected chi connectivity index (χ4v) is 11.8. The summed E-state index contributed by atoms with van der Waals surface area (Å²) in [6.07, 6.45) is 0. The molecule has 0 rings (SSSR count). The zero-order valence-corrected chi connectivity index (χ0v) is 17.5. The molecule has 0 heterocycles. The second kappa shape index (κ2) is 5.47. The molecule has 0 bridgehead atoms. The van der Waals surface area contributed by atoms with Gasteiger partial charge in [0.2, 0.25) is 0 Å². The van der Waals surface area contributed by atoms with Crippen molar-refractivity contribution in [3.05, 3.63) is 0 Å². The van der Waals surface area contributed by atoms with Crippen molar-refractivity contribution < 1.29 is 8.29 Å². The summed E-state index contributed by atoms with van der Waals surface area (Å²) in [7, 11) is -2.69. The normalized spacial score (nSPS) is 14.1. The molecular formula is C14H36BN2Si2+. The van der Waals surface area contributed by atoms with E-state index in [4.69, 9.17) is 0 Å². The second-order valence-corrected chi connectivity index (χ2v) is 19.6. The average molecular weight is 299 g/mol. The summed E-state index contributed by atoms with van der Waals surface area (Å²) in [6.45, 7) is 31.0. The van der Waals surface area contributed by atoms with Crippen LogP contribution in [0.2, 0.25) is 39.3 Å². The zero-order chi connectivity index (χ0) is 15.9. The van der Waals surface area contributed by atoms with Gasteiger partial charge in [0, 0.05) is 0 Å². The van der Waals surface area contributed by atoms with Gasteiger partial charge in [0.05, 0.1) is 0 Å². The Balaban J connectivity index is 6.49. The fraction of sp³-hybridized carbons (Fsp3) is 1.00. The molecule has 0 aromatic carbocycles. The zero-order valence-electron chi connectivity index (χ0n) is 15.5. The SMILES string of the molecule is CC(C)(C)[N+](=[B-]=[N+]([Si](C)(C)C)[Si](C)(C)C)C(C)(C)C. The van der Waals surface area contributed by atoms with Crippen LogP contribution in [0.4, 0.5) is 0 Å². The van der Waals surface area contributed by atoms with E-state index >= 15 is 0 Å². The van der Waals surface area contributed by atoms with Crippen molar-refractivity contribution in [3.63, 3.8) is 0 Å². The number of nitrogens with zero attached hydrogens (tertiary/aromatic N) is 2. The fourth-order valence-electron chi connectivity index (χ4n) is 2.82. The molecule has 0 amide bonds. The van der Waals surface area contributed by atoms with Crippen LogP contribution < -0.4 is 0 Å². The first-order valence-corrected chi connectivity index (χ1v) is 14.3. The van der Waals surface area contributed by atoms with E-state index in [9.17, 15) is 0 Å². The van der Waals surface area contributed by atoms with Gasteiger partial charge in [0.25, 0.3) is 0 Å². The molecule has 112 valence electrons. The van der Waals surface area contributed by atoms with Gasteiger partial charge in [-0.25, -0.2) is 0 Å². The van der Waals surface area contributed by atoms with E-state index in [2.05, 4.69) is 96.0 Å². The molecule has 0 aliphatic heterocycles. The summed E-state index contributed by atoms with van der Waals surface area (Å²) in [4.78, 5) is 0. The van der Waals surface area contributed by atoms with E-state index in [1.165, 1.54) is 0 Å². The van der Waals surface area contributed by atoms with Crippen molar-refractivity contribution >= 4 is 23.3 Å². The third-order valence-electron chi connectivity index (χ3n) is 3.12. The van der Waals surface area contributed by atoms with Gasteiger partial charge in [-0.15, -0.1) is 0 Å². The first-order chi connectivity index (χ1) is 7.97. The van der Waals surface area contributed by atoms with Gasteiger partial charge in [-0.05, 0) is 0 Å². The summed E-state index contributed by atoms with van der Waals surface area (Å²) in [6, 6.07) is 0. The molecular weight excluding hydrogens is 263 g/mol. The van der Waals surface area contributed by atoms with Crippen molar-refractivity contribution in [2.24, 2.45) is 0 Å². The van der Waals surface area contributed by atoms with Gasteiger partial charge >= 0.3 is 124 Å². The van der Waals surface area contributed by atoms with Crippen LogP contribution in [0.15, 0.2) is 0 Å². The molecule has 19 heavy (non-hydrogen) atoms.